The maximum atomic E-state index is 10.9. The van der Waals surface area contributed by atoms with E-state index in [2.05, 4.69) is 32.9 Å². The number of rotatable bonds is 0. The molecule has 2 aliphatic carbocycles. The van der Waals surface area contributed by atoms with Crippen molar-refractivity contribution >= 4 is 0 Å². The van der Waals surface area contributed by atoms with Gasteiger partial charge in [0.25, 0.3) is 0 Å². The molecule has 1 unspecified atom stereocenters. The monoisotopic (exact) mass is 236 g/mol. The topological polar surface area (TPSA) is 29.5 Å². The maximum absolute atomic E-state index is 10.9. The van der Waals surface area contributed by atoms with E-state index >= 15 is 0 Å². The van der Waals surface area contributed by atoms with Crippen LogP contribution in [0.2, 0.25) is 0 Å². The van der Waals surface area contributed by atoms with Gasteiger partial charge < -0.3 is 9.84 Å². The molecule has 2 nitrogen and oxygen atoms in total. The summed E-state index contributed by atoms with van der Waals surface area (Å²) in [6, 6.07) is 0. The van der Waals surface area contributed by atoms with Crippen molar-refractivity contribution in [1.29, 1.82) is 0 Å². The average Bonchev–Trinajstić information content (AvgIpc) is 2.31. The van der Waals surface area contributed by atoms with Crippen LogP contribution in [0.4, 0.5) is 0 Å². The third kappa shape index (κ3) is 1.53. The highest BCUT2D eigenvalue weighted by molar-refractivity contribution is 5.12. The second kappa shape index (κ2) is 3.83. The summed E-state index contributed by atoms with van der Waals surface area (Å²) in [5.41, 5.74) is 0. The van der Waals surface area contributed by atoms with Crippen LogP contribution in [0.3, 0.4) is 0 Å². The van der Waals surface area contributed by atoms with E-state index in [1.54, 1.807) is 0 Å². The Balaban J connectivity index is 2.02. The molecule has 0 aromatic carbocycles. The van der Waals surface area contributed by atoms with Gasteiger partial charge in [0.2, 0.25) is 0 Å². The van der Waals surface area contributed by atoms with Gasteiger partial charge in [-0.25, -0.2) is 0 Å². The Morgan fingerprint density at radius 2 is 1.94 bits per heavy atom. The van der Waals surface area contributed by atoms with Crippen LogP contribution in [0.25, 0.3) is 0 Å². The highest BCUT2D eigenvalue weighted by Crippen LogP contribution is 2.55. The first-order chi connectivity index (χ1) is 8.04. The number of ether oxygens (including phenoxy) is 1. The molecule has 2 heteroatoms. The van der Waals surface area contributed by atoms with E-state index in [1.807, 2.05) is 0 Å². The minimum atomic E-state index is -0.862. The third-order valence-electron chi connectivity index (χ3n) is 5.54. The van der Waals surface area contributed by atoms with E-state index in [-0.39, 0.29) is 5.92 Å². The fourth-order valence-corrected chi connectivity index (χ4v) is 4.34. The van der Waals surface area contributed by atoms with Crippen molar-refractivity contribution in [2.45, 2.75) is 39.4 Å². The summed E-state index contributed by atoms with van der Waals surface area (Å²) >= 11 is 0. The standard InChI is InChI=1S/C15H24O2/c1-9-4-6-13-10(2)8-17-15(16)11(3)5-7-12(9)14(13)15/h4,6,9-14,16H,5,7-8H2,1-3H3/t9-,10+,11-,12-,13?,14+,15-/m0/s1. The van der Waals surface area contributed by atoms with Gasteiger partial charge in [-0.05, 0) is 36.5 Å². The van der Waals surface area contributed by atoms with Crippen molar-refractivity contribution in [3.63, 3.8) is 0 Å². The van der Waals surface area contributed by atoms with Crippen LogP contribution in [0, 0.1) is 35.5 Å². The summed E-state index contributed by atoms with van der Waals surface area (Å²) in [5, 5.41) is 10.9. The van der Waals surface area contributed by atoms with E-state index in [0.717, 1.165) is 6.42 Å². The van der Waals surface area contributed by atoms with Crippen molar-refractivity contribution in [3.05, 3.63) is 12.2 Å². The Morgan fingerprint density at radius 1 is 1.18 bits per heavy atom. The van der Waals surface area contributed by atoms with Gasteiger partial charge in [-0.1, -0.05) is 32.9 Å². The van der Waals surface area contributed by atoms with Gasteiger partial charge in [0, 0.05) is 11.8 Å². The lowest BCUT2D eigenvalue weighted by Gasteiger charge is -2.57. The molecule has 1 saturated heterocycles. The first kappa shape index (κ1) is 11.7. The second-order valence-corrected chi connectivity index (χ2v) is 6.53. The Kier molecular flexibility index (Phi) is 2.64. The van der Waals surface area contributed by atoms with Crippen LogP contribution in [-0.2, 0) is 4.74 Å². The van der Waals surface area contributed by atoms with Crippen LogP contribution in [-0.4, -0.2) is 17.5 Å². The lowest BCUT2D eigenvalue weighted by molar-refractivity contribution is -0.329. The minimum Gasteiger partial charge on any atom is -0.365 e. The van der Waals surface area contributed by atoms with Gasteiger partial charge in [0.15, 0.2) is 5.79 Å². The minimum absolute atomic E-state index is 0.275. The lowest BCUT2D eigenvalue weighted by atomic mass is 9.56. The highest BCUT2D eigenvalue weighted by Gasteiger charge is 2.57. The molecule has 1 aliphatic heterocycles. The normalized spacial score (nSPS) is 57.6. The van der Waals surface area contributed by atoms with E-state index in [4.69, 9.17) is 4.74 Å². The SMILES string of the molecule is C[C@@H]1CO[C@@]2(O)[C@@H](C)CC[C@H]3[C@@H](C)C=CC1[C@@H]32. The molecule has 1 heterocycles. The van der Waals surface area contributed by atoms with Crippen LogP contribution in [0.15, 0.2) is 12.2 Å². The quantitative estimate of drug-likeness (QED) is 0.655. The molecule has 2 fully saturated rings. The van der Waals surface area contributed by atoms with Crippen LogP contribution < -0.4 is 0 Å². The van der Waals surface area contributed by atoms with Crippen molar-refractivity contribution < 1.29 is 9.84 Å². The largest absolute Gasteiger partial charge is 0.365 e. The number of aliphatic hydroxyl groups is 1. The van der Waals surface area contributed by atoms with Crippen molar-refractivity contribution in [2.24, 2.45) is 35.5 Å². The predicted molar refractivity (Wildman–Crippen MR) is 67.2 cm³/mol. The molecular weight excluding hydrogens is 212 g/mol. The van der Waals surface area contributed by atoms with Crippen molar-refractivity contribution in [2.75, 3.05) is 6.61 Å². The molecule has 0 aromatic rings. The summed E-state index contributed by atoms with van der Waals surface area (Å²) in [4.78, 5) is 0. The van der Waals surface area contributed by atoms with Gasteiger partial charge >= 0.3 is 0 Å². The van der Waals surface area contributed by atoms with Gasteiger partial charge in [-0.15, -0.1) is 0 Å². The van der Waals surface area contributed by atoms with Crippen molar-refractivity contribution in [1.82, 2.24) is 0 Å². The molecule has 0 spiro atoms. The Hall–Kier alpha value is -0.340. The maximum Gasteiger partial charge on any atom is 0.171 e. The van der Waals surface area contributed by atoms with Crippen LogP contribution in [0.1, 0.15) is 33.6 Å². The van der Waals surface area contributed by atoms with E-state index in [9.17, 15) is 5.11 Å². The summed E-state index contributed by atoms with van der Waals surface area (Å²) < 4.78 is 5.90. The Morgan fingerprint density at radius 3 is 2.71 bits per heavy atom. The summed E-state index contributed by atoms with van der Waals surface area (Å²) in [7, 11) is 0. The number of allylic oxidation sites excluding steroid dienone is 2. The molecule has 0 bridgehead atoms. The average molecular weight is 236 g/mol. The molecule has 17 heavy (non-hydrogen) atoms. The predicted octanol–water partition coefficient (Wildman–Crippen LogP) is 2.83. The molecule has 0 aromatic heterocycles. The van der Waals surface area contributed by atoms with E-state index in [0.29, 0.717) is 36.2 Å². The molecule has 0 amide bonds. The van der Waals surface area contributed by atoms with Gasteiger partial charge in [-0.2, -0.15) is 0 Å². The molecule has 1 N–H and O–H groups in total. The second-order valence-electron chi connectivity index (χ2n) is 6.53. The smallest absolute Gasteiger partial charge is 0.171 e. The highest BCUT2D eigenvalue weighted by atomic mass is 16.6. The number of hydrogen-bond donors (Lipinski definition) is 1. The molecule has 7 atom stereocenters. The first-order valence-corrected chi connectivity index (χ1v) is 7.08. The summed E-state index contributed by atoms with van der Waals surface area (Å²) in [6.07, 6.45) is 7.05. The van der Waals surface area contributed by atoms with Crippen LogP contribution in [0.5, 0.6) is 0 Å². The molecule has 1 saturated carbocycles. The molecule has 96 valence electrons. The first-order valence-electron chi connectivity index (χ1n) is 7.08. The lowest BCUT2D eigenvalue weighted by Crippen LogP contribution is -2.61. The zero-order chi connectivity index (χ0) is 12.2. The van der Waals surface area contributed by atoms with Crippen molar-refractivity contribution in [3.8, 4) is 0 Å². The zero-order valence-corrected chi connectivity index (χ0v) is 11.1. The molecule has 3 rings (SSSR count). The molecule has 3 aliphatic rings. The molecular formula is C15H24O2. The van der Waals surface area contributed by atoms with Gasteiger partial charge in [0.05, 0.1) is 6.61 Å². The van der Waals surface area contributed by atoms with Gasteiger partial charge in [0.1, 0.15) is 0 Å². The fourth-order valence-electron chi connectivity index (χ4n) is 4.34. The van der Waals surface area contributed by atoms with E-state index in [1.165, 1.54) is 6.42 Å². The summed E-state index contributed by atoms with van der Waals surface area (Å²) in [5.74, 6) is 1.97. The number of hydrogen-bond acceptors (Lipinski definition) is 2. The zero-order valence-electron chi connectivity index (χ0n) is 11.1. The molecule has 0 radical (unpaired) electrons. The Bertz CT molecular complexity index is 338. The fraction of sp³-hybridized carbons (Fsp3) is 0.867. The third-order valence-corrected chi connectivity index (χ3v) is 5.54. The van der Waals surface area contributed by atoms with Gasteiger partial charge in [-0.3, -0.25) is 0 Å². The Labute approximate surface area is 104 Å². The summed E-state index contributed by atoms with van der Waals surface area (Å²) in [6.45, 7) is 7.38. The van der Waals surface area contributed by atoms with E-state index < -0.39 is 5.79 Å². The van der Waals surface area contributed by atoms with Crippen LogP contribution >= 0.6 is 0 Å².